The summed E-state index contributed by atoms with van der Waals surface area (Å²) in [4.78, 5) is 0. The molecule has 3 rings (SSSR count). The highest BCUT2D eigenvalue weighted by Crippen LogP contribution is 2.40. The van der Waals surface area contributed by atoms with Gasteiger partial charge in [0, 0.05) is 6.42 Å². The standard InChI is InChI=1S/C49H78O6Si2/c1-16-19-42-20-17-21-44(53-42)34-38(3)32-39(4)35-45(54-56(12,13)48(5,6)7)22-18-23-46(52-36-40-24-26-41(50-11)27-25-40)47(55-57(14,15)49(8,9)10)29-28-43-33-37(2)30-31-51-43/h1,17-18,20,22,24-30,38,42-47H,4,19,21,23,31-36H2,2-3,5-15H3/t38-,42+,43+,44-,45?,46-,47?/m0/s1. The van der Waals surface area contributed by atoms with Crippen LogP contribution in [0.3, 0.4) is 0 Å². The average molecular weight is 819 g/mol. The number of hydrogen-bond acceptors (Lipinski definition) is 6. The Balaban J connectivity index is 1.89. The monoisotopic (exact) mass is 819 g/mol. The fourth-order valence-electron chi connectivity index (χ4n) is 6.68. The highest BCUT2D eigenvalue weighted by Gasteiger charge is 2.41. The van der Waals surface area contributed by atoms with Crippen molar-refractivity contribution in [1.29, 1.82) is 0 Å². The van der Waals surface area contributed by atoms with E-state index in [1.54, 1.807) is 7.11 Å². The van der Waals surface area contributed by atoms with Crippen LogP contribution in [0, 0.1) is 18.3 Å². The van der Waals surface area contributed by atoms with Crippen LogP contribution in [-0.2, 0) is 29.7 Å². The molecule has 6 nitrogen and oxygen atoms in total. The molecule has 318 valence electrons. The number of ether oxygens (including phenoxy) is 4. The van der Waals surface area contributed by atoms with Gasteiger partial charge in [-0.2, -0.15) is 0 Å². The molecule has 2 aliphatic heterocycles. The van der Waals surface area contributed by atoms with Gasteiger partial charge in [0.05, 0.1) is 56.9 Å². The molecule has 2 unspecified atom stereocenters. The maximum Gasteiger partial charge on any atom is 0.193 e. The van der Waals surface area contributed by atoms with Gasteiger partial charge in [0.2, 0.25) is 0 Å². The molecule has 0 radical (unpaired) electrons. The minimum absolute atomic E-state index is 0.0135. The molecular weight excluding hydrogens is 741 g/mol. The summed E-state index contributed by atoms with van der Waals surface area (Å²) in [5, 5.41) is 0.0963. The van der Waals surface area contributed by atoms with Gasteiger partial charge in [0.15, 0.2) is 16.6 Å². The van der Waals surface area contributed by atoms with Gasteiger partial charge in [-0.05, 0) is 105 Å². The zero-order valence-corrected chi connectivity index (χ0v) is 40.0. The second kappa shape index (κ2) is 22.2. The van der Waals surface area contributed by atoms with E-state index in [0.717, 1.165) is 43.4 Å². The van der Waals surface area contributed by atoms with E-state index in [0.29, 0.717) is 32.0 Å². The fourth-order valence-corrected chi connectivity index (χ4v) is 9.22. The van der Waals surface area contributed by atoms with Crippen LogP contribution >= 0.6 is 0 Å². The summed E-state index contributed by atoms with van der Waals surface area (Å²) in [6.45, 7) is 33.2. The van der Waals surface area contributed by atoms with Crippen molar-refractivity contribution < 1.29 is 27.8 Å². The van der Waals surface area contributed by atoms with Crippen LogP contribution in [-0.4, -0.2) is 67.0 Å². The van der Waals surface area contributed by atoms with Crippen molar-refractivity contribution in [1.82, 2.24) is 0 Å². The van der Waals surface area contributed by atoms with Crippen molar-refractivity contribution in [3.05, 3.63) is 90.1 Å². The Labute approximate surface area is 350 Å². The lowest BCUT2D eigenvalue weighted by atomic mass is 9.91. The molecule has 0 bridgehead atoms. The Bertz CT molecular complexity index is 1550. The summed E-state index contributed by atoms with van der Waals surface area (Å²) in [6.07, 6.45) is 26.4. The Morgan fingerprint density at radius 1 is 1.00 bits per heavy atom. The number of terminal acetylenes is 1. The largest absolute Gasteiger partial charge is 0.497 e. The van der Waals surface area contributed by atoms with Crippen molar-refractivity contribution in [2.45, 2.75) is 180 Å². The Kier molecular flexibility index (Phi) is 19.0. The maximum atomic E-state index is 7.22. The van der Waals surface area contributed by atoms with Gasteiger partial charge < -0.3 is 27.8 Å². The van der Waals surface area contributed by atoms with E-state index in [1.807, 2.05) is 12.1 Å². The van der Waals surface area contributed by atoms with E-state index in [4.69, 9.17) is 34.2 Å². The van der Waals surface area contributed by atoms with Gasteiger partial charge in [-0.15, -0.1) is 12.3 Å². The summed E-state index contributed by atoms with van der Waals surface area (Å²) in [5.41, 5.74) is 3.64. The molecule has 0 saturated heterocycles. The average Bonchev–Trinajstić information content (AvgIpc) is 3.10. The first-order chi connectivity index (χ1) is 26.6. The first kappa shape index (κ1) is 48.9. The third-order valence-corrected chi connectivity index (χ3v) is 21.2. The molecule has 57 heavy (non-hydrogen) atoms. The van der Waals surface area contributed by atoms with Gasteiger partial charge in [-0.25, -0.2) is 0 Å². The van der Waals surface area contributed by atoms with Crippen LogP contribution in [0.25, 0.3) is 0 Å². The third kappa shape index (κ3) is 16.6. The lowest BCUT2D eigenvalue weighted by molar-refractivity contribution is -0.0204. The Morgan fingerprint density at radius 2 is 1.67 bits per heavy atom. The first-order valence-corrected chi connectivity index (χ1v) is 27.1. The zero-order chi connectivity index (χ0) is 42.4. The van der Waals surface area contributed by atoms with E-state index in [-0.39, 0.29) is 46.7 Å². The summed E-state index contributed by atoms with van der Waals surface area (Å²) in [6, 6.07) is 8.11. The molecular formula is C49H78O6Si2. The maximum absolute atomic E-state index is 7.22. The van der Waals surface area contributed by atoms with Crippen LogP contribution in [0.1, 0.15) is 106 Å². The molecule has 0 N–H and O–H groups in total. The van der Waals surface area contributed by atoms with Crippen molar-refractivity contribution >= 4 is 16.6 Å². The summed E-state index contributed by atoms with van der Waals surface area (Å²) < 4.78 is 39.1. The number of benzene rings is 1. The number of hydrogen-bond donors (Lipinski definition) is 0. The summed E-state index contributed by atoms with van der Waals surface area (Å²) >= 11 is 0. The molecule has 0 saturated carbocycles. The summed E-state index contributed by atoms with van der Waals surface area (Å²) in [5.74, 6) is 4.00. The highest BCUT2D eigenvalue weighted by atomic mass is 28.4. The van der Waals surface area contributed by atoms with Gasteiger partial charge in [-0.1, -0.05) is 121 Å². The minimum atomic E-state index is -2.20. The smallest absolute Gasteiger partial charge is 0.193 e. The van der Waals surface area contributed by atoms with Crippen molar-refractivity contribution in [2.75, 3.05) is 13.7 Å². The topological polar surface area (TPSA) is 55.4 Å². The van der Waals surface area contributed by atoms with Crippen LogP contribution in [0.2, 0.25) is 36.3 Å². The second-order valence-corrected chi connectivity index (χ2v) is 29.0. The summed E-state index contributed by atoms with van der Waals surface area (Å²) in [7, 11) is -2.62. The van der Waals surface area contributed by atoms with Gasteiger partial charge in [0.1, 0.15) is 5.75 Å². The lowest BCUT2D eigenvalue weighted by Crippen LogP contribution is -2.47. The van der Waals surface area contributed by atoms with Crippen molar-refractivity contribution in [3.8, 4) is 18.1 Å². The third-order valence-electron chi connectivity index (χ3n) is 12.2. The highest BCUT2D eigenvalue weighted by molar-refractivity contribution is 6.74. The first-order valence-electron chi connectivity index (χ1n) is 21.3. The molecule has 7 atom stereocenters. The minimum Gasteiger partial charge on any atom is -0.497 e. The van der Waals surface area contributed by atoms with Gasteiger partial charge >= 0.3 is 0 Å². The van der Waals surface area contributed by atoms with Gasteiger partial charge in [-0.3, -0.25) is 0 Å². The molecule has 0 spiro atoms. The SMILES string of the molecule is C#CC[C@@H]1C=CC[C@@H](C[C@@H](C)CC(=C)CC(C=CC[C@H](OCc2ccc(OC)cc2)C(C=C[C@@H]2CC(C)=CCO2)O[Si](C)(C)C(C)(C)C)O[Si](C)(C)C(C)(C)C)O1. The van der Waals surface area contributed by atoms with Gasteiger partial charge in [0.25, 0.3) is 0 Å². The molecule has 0 amide bonds. The number of methoxy groups -OCH3 is 1. The Morgan fingerprint density at radius 3 is 2.28 bits per heavy atom. The van der Waals surface area contributed by atoms with E-state index >= 15 is 0 Å². The normalized spacial score (nSPS) is 21.9. The van der Waals surface area contributed by atoms with Crippen LogP contribution < -0.4 is 4.74 Å². The van der Waals surface area contributed by atoms with Crippen LogP contribution in [0.15, 0.2) is 84.5 Å². The molecule has 2 aliphatic rings. The quantitative estimate of drug-likeness (QED) is 0.0700. The predicted octanol–water partition coefficient (Wildman–Crippen LogP) is 12.7. The van der Waals surface area contributed by atoms with E-state index in [1.165, 1.54) is 11.1 Å². The molecule has 0 aromatic heterocycles. The molecule has 0 fully saturated rings. The zero-order valence-electron chi connectivity index (χ0n) is 38.0. The van der Waals surface area contributed by atoms with Crippen LogP contribution in [0.4, 0.5) is 0 Å². The van der Waals surface area contributed by atoms with Crippen molar-refractivity contribution in [2.24, 2.45) is 5.92 Å². The molecule has 8 heteroatoms. The number of rotatable bonds is 21. The van der Waals surface area contributed by atoms with E-state index < -0.39 is 16.6 Å². The molecule has 1 aromatic rings. The fraction of sp³-hybridized carbons (Fsp3) is 0.633. The lowest BCUT2D eigenvalue weighted by Gasteiger charge is -2.40. The van der Waals surface area contributed by atoms with E-state index in [2.05, 4.69) is 149 Å². The van der Waals surface area contributed by atoms with Crippen LogP contribution in [0.5, 0.6) is 5.75 Å². The Hall–Kier alpha value is -2.49. The van der Waals surface area contributed by atoms with E-state index in [9.17, 15) is 0 Å². The second-order valence-electron chi connectivity index (χ2n) is 19.5. The molecule has 2 heterocycles. The van der Waals surface area contributed by atoms with Crippen molar-refractivity contribution in [3.63, 3.8) is 0 Å². The predicted molar refractivity (Wildman–Crippen MR) is 245 cm³/mol. The molecule has 0 aliphatic carbocycles. The molecule has 1 aromatic carbocycles.